The van der Waals surface area contributed by atoms with Gasteiger partial charge in [-0.25, -0.2) is 5.84 Å². The third-order valence-electron chi connectivity index (χ3n) is 3.10. The van der Waals surface area contributed by atoms with Crippen LogP contribution >= 0.6 is 0 Å². The number of hydrogen-bond acceptors (Lipinski definition) is 3. The molecule has 1 aromatic rings. The van der Waals surface area contributed by atoms with Gasteiger partial charge in [0.25, 0.3) is 0 Å². The maximum absolute atomic E-state index is 10.9. The van der Waals surface area contributed by atoms with E-state index in [2.05, 4.69) is 37.5 Å². The first-order chi connectivity index (χ1) is 9.04. The molecule has 4 heteroatoms. The van der Waals surface area contributed by atoms with Crippen molar-refractivity contribution in [2.45, 2.75) is 46.0 Å². The first kappa shape index (κ1) is 15.5. The maximum atomic E-state index is 10.9. The second kappa shape index (κ2) is 7.79. The number of carbonyl (C=O) groups excluding carboxylic acids is 1. The number of carbonyl (C=O) groups is 1. The number of benzene rings is 1. The fourth-order valence-electron chi connectivity index (χ4n) is 1.77. The number of amides is 1. The van der Waals surface area contributed by atoms with Gasteiger partial charge in [-0.2, -0.15) is 0 Å². The summed E-state index contributed by atoms with van der Waals surface area (Å²) >= 11 is 0. The topological polar surface area (TPSA) is 64.3 Å². The predicted molar refractivity (Wildman–Crippen MR) is 76.9 cm³/mol. The molecule has 1 rings (SSSR count). The average molecular weight is 264 g/mol. The van der Waals surface area contributed by atoms with Gasteiger partial charge in [0.15, 0.2) is 0 Å². The van der Waals surface area contributed by atoms with Gasteiger partial charge in [0, 0.05) is 6.42 Å². The fourth-order valence-corrected chi connectivity index (χ4v) is 1.77. The normalized spacial score (nSPS) is 10.6. The number of nitrogens with one attached hydrogen (secondary N) is 1. The average Bonchev–Trinajstić information content (AvgIpc) is 2.39. The van der Waals surface area contributed by atoms with E-state index in [1.165, 1.54) is 5.56 Å². The molecule has 0 aromatic heterocycles. The molecule has 106 valence electrons. The summed E-state index contributed by atoms with van der Waals surface area (Å²) in [4.78, 5) is 10.9. The summed E-state index contributed by atoms with van der Waals surface area (Å²) in [6.45, 7) is 7.00. The number of unbranched alkanes of at least 4 members (excludes halogenated alkanes) is 1. The van der Waals surface area contributed by atoms with Crippen molar-refractivity contribution >= 4 is 5.91 Å². The molecular weight excluding hydrogens is 240 g/mol. The van der Waals surface area contributed by atoms with Crippen LogP contribution < -0.4 is 16.0 Å². The monoisotopic (exact) mass is 264 g/mol. The quantitative estimate of drug-likeness (QED) is 0.344. The van der Waals surface area contributed by atoms with Crippen LogP contribution in [0.25, 0.3) is 0 Å². The van der Waals surface area contributed by atoms with Crippen LogP contribution in [-0.4, -0.2) is 12.5 Å². The predicted octanol–water partition coefficient (Wildman–Crippen LogP) is 2.66. The number of hydrazine groups is 1. The highest BCUT2D eigenvalue weighted by Gasteiger charge is 2.05. The van der Waals surface area contributed by atoms with Crippen molar-refractivity contribution < 1.29 is 9.53 Å². The maximum Gasteiger partial charge on any atom is 0.233 e. The summed E-state index contributed by atoms with van der Waals surface area (Å²) in [5.74, 6) is 6.32. The zero-order chi connectivity index (χ0) is 14.3. The minimum atomic E-state index is -0.127. The molecule has 3 N–H and O–H groups in total. The van der Waals surface area contributed by atoms with E-state index in [9.17, 15) is 4.79 Å². The van der Waals surface area contributed by atoms with Gasteiger partial charge in [0.05, 0.1) is 6.61 Å². The molecule has 0 fully saturated rings. The van der Waals surface area contributed by atoms with E-state index in [1.54, 1.807) is 0 Å². The van der Waals surface area contributed by atoms with Crippen LogP contribution in [0.5, 0.6) is 5.75 Å². The molecule has 19 heavy (non-hydrogen) atoms. The van der Waals surface area contributed by atoms with Crippen molar-refractivity contribution in [2.24, 2.45) is 5.84 Å². The molecule has 0 aliphatic rings. The number of hydrogen-bond donors (Lipinski definition) is 2. The number of aryl methyl sites for hydroxylation is 1. The van der Waals surface area contributed by atoms with Gasteiger partial charge in [-0.3, -0.25) is 10.2 Å². The Morgan fingerprint density at radius 2 is 2.11 bits per heavy atom. The SMILES string of the molecule is Cc1ccc(C(C)C)cc1OCCCCC(=O)NN. The lowest BCUT2D eigenvalue weighted by Gasteiger charge is -2.12. The van der Waals surface area contributed by atoms with Gasteiger partial charge in [-0.1, -0.05) is 26.0 Å². The first-order valence-electron chi connectivity index (χ1n) is 6.77. The Morgan fingerprint density at radius 3 is 2.74 bits per heavy atom. The molecule has 0 saturated carbocycles. The van der Waals surface area contributed by atoms with Crippen molar-refractivity contribution in [1.82, 2.24) is 5.43 Å². The van der Waals surface area contributed by atoms with E-state index in [-0.39, 0.29) is 5.91 Å². The van der Waals surface area contributed by atoms with Gasteiger partial charge in [0.2, 0.25) is 5.91 Å². The Balaban J connectivity index is 2.40. The lowest BCUT2D eigenvalue weighted by molar-refractivity contribution is -0.121. The molecule has 0 radical (unpaired) electrons. The van der Waals surface area contributed by atoms with Crippen molar-refractivity contribution in [3.63, 3.8) is 0 Å². The molecule has 0 atom stereocenters. The summed E-state index contributed by atoms with van der Waals surface area (Å²) in [6.07, 6.45) is 2.08. The second-order valence-corrected chi connectivity index (χ2v) is 5.05. The minimum Gasteiger partial charge on any atom is -0.493 e. The Hall–Kier alpha value is -1.55. The molecule has 0 bridgehead atoms. The number of rotatable bonds is 7. The van der Waals surface area contributed by atoms with Crippen LogP contribution in [0, 0.1) is 6.92 Å². The molecule has 0 heterocycles. The van der Waals surface area contributed by atoms with E-state index in [0.29, 0.717) is 18.9 Å². The van der Waals surface area contributed by atoms with Gasteiger partial charge < -0.3 is 4.74 Å². The number of nitrogens with two attached hydrogens (primary N) is 1. The highest BCUT2D eigenvalue weighted by atomic mass is 16.5. The van der Waals surface area contributed by atoms with Gasteiger partial charge in [-0.05, 0) is 42.9 Å². The second-order valence-electron chi connectivity index (χ2n) is 5.05. The summed E-state index contributed by atoms with van der Waals surface area (Å²) in [5, 5.41) is 0. The minimum absolute atomic E-state index is 0.127. The summed E-state index contributed by atoms with van der Waals surface area (Å²) in [6, 6.07) is 6.33. The van der Waals surface area contributed by atoms with E-state index in [0.717, 1.165) is 24.2 Å². The van der Waals surface area contributed by atoms with Crippen LogP contribution in [0.2, 0.25) is 0 Å². The zero-order valence-electron chi connectivity index (χ0n) is 12.0. The molecule has 4 nitrogen and oxygen atoms in total. The molecule has 1 aromatic carbocycles. The lowest BCUT2D eigenvalue weighted by atomic mass is 10.0. The third-order valence-corrected chi connectivity index (χ3v) is 3.10. The first-order valence-corrected chi connectivity index (χ1v) is 6.77. The van der Waals surface area contributed by atoms with Gasteiger partial charge in [0.1, 0.15) is 5.75 Å². The Kier molecular flexibility index (Phi) is 6.36. The molecule has 1 amide bonds. The Bertz CT molecular complexity index is 417. The summed E-state index contributed by atoms with van der Waals surface area (Å²) in [7, 11) is 0. The van der Waals surface area contributed by atoms with Gasteiger partial charge in [-0.15, -0.1) is 0 Å². The fraction of sp³-hybridized carbons (Fsp3) is 0.533. The van der Waals surface area contributed by atoms with E-state index >= 15 is 0 Å². The number of ether oxygens (including phenoxy) is 1. The van der Waals surface area contributed by atoms with Gasteiger partial charge >= 0.3 is 0 Å². The van der Waals surface area contributed by atoms with Crippen molar-refractivity contribution in [1.29, 1.82) is 0 Å². The van der Waals surface area contributed by atoms with Crippen LogP contribution in [-0.2, 0) is 4.79 Å². The highest BCUT2D eigenvalue weighted by molar-refractivity contribution is 5.75. The van der Waals surface area contributed by atoms with Crippen molar-refractivity contribution in [3.05, 3.63) is 29.3 Å². The smallest absolute Gasteiger partial charge is 0.233 e. The molecular formula is C15H24N2O2. The molecule has 0 aliphatic carbocycles. The van der Waals surface area contributed by atoms with Crippen LogP contribution in [0.3, 0.4) is 0 Å². The van der Waals surface area contributed by atoms with E-state index < -0.39 is 0 Å². The van der Waals surface area contributed by atoms with Crippen LogP contribution in [0.4, 0.5) is 0 Å². The lowest BCUT2D eigenvalue weighted by Crippen LogP contribution is -2.29. The van der Waals surface area contributed by atoms with E-state index in [4.69, 9.17) is 10.6 Å². The van der Waals surface area contributed by atoms with Crippen molar-refractivity contribution in [2.75, 3.05) is 6.61 Å². The Morgan fingerprint density at radius 1 is 1.37 bits per heavy atom. The Labute approximate surface area is 115 Å². The van der Waals surface area contributed by atoms with E-state index in [1.807, 2.05) is 6.92 Å². The van der Waals surface area contributed by atoms with Crippen molar-refractivity contribution in [3.8, 4) is 5.75 Å². The standard InChI is InChI=1S/C15H24N2O2/c1-11(2)13-8-7-12(3)14(10-13)19-9-5-4-6-15(18)17-16/h7-8,10-11H,4-6,9,16H2,1-3H3,(H,17,18). The van der Waals surface area contributed by atoms with Crippen LogP contribution in [0.15, 0.2) is 18.2 Å². The zero-order valence-corrected chi connectivity index (χ0v) is 12.0. The molecule has 0 saturated heterocycles. The third kappa shape index (κ3) is 5.30. The largest absolute Gasteiger partial charge is 0.493 e. The summed E-state index contributed by atoms with van der Waals surface area (Å²) < 4.78 is 5.78. The molecule has 0 unspecified atom stereocenters. The highest BCUT2D eigenvalue weighted by Crippen LogP contribution is 2.24. The summed E-state index contributed by atoms with van der Waals surface area (Å²) in [5.41, 5.74) is 4.55. The van der Waals surface area contributed by atoms with Crippen LogP contribution in [0.1, 0.15) is 50.2 Å². The molecule has 0 spiro atoms. The molecule has 0 aliphatic heterocycles.